The average Bonchev–Trinajstić information content (AvgIpc) is 3.21. The molecule has 1 aromatic rings. The number of nitrogens with two attached hydrogens (primary N) is 1. The molecule has 2 fully saturated rings. The molecule has 0 bridgehead atoms. The van der Waals surface area contributed by atoms with Gasteiger partial charge in [-0.15, -0.1) is 0 Å². The summed E-state index contributed by atoms with van der Waals surface area (Å²) in [5, 5.41) is 0. The van der Waals surface area contributed by atoms with Crippen LogP contribution in [0.2, 0.25) is 0 Å². The summed E-state index contributed by atoms with van der Waals surface area (Å²) in [4.78, 5) is 14.7. The van der Waals surface area contributed by atoms with Crippen LogP contribution in [0.15, 0.2) is 16.7 Å². The maximum Gasteiger partial charge on any atom is 0.257 e. The van der Waals surface area contributed by atoms with Crippen LogP contribution in [0.25, 0.3) is 0 Å². The van der Waals surface area contributed by atoms with Gasteiger partial charge in [0.25, 0.3) is 5.91 Å². The molecule has 1 amide bonds. The van der Waals surface area contributed by atoms with Gasteiger partial charge in [-0.2, -0.15) is 0 Å². The van der Waals surface area contributed by atoms with Gasteiger partial charge < -0.3 is 15.1 Å². The van der Waals surface area contributed by atoms with Gasteiger partial charge in [0.05, 0.1) is 12.1 Å². The van der Waals surface area contributed by atoms with Gasteiger partial charge in [0.15, 0.2) is 0 Å². The highest BCUT2D eigenvalue weighted by molar-refractivity contribution is 5.94. The van der Waals surface area contributed by atoms with Crippen LogP contribution in [-0.4, -0.2) is 23.4 Å². The van der Waals surface area contributed by atoms with Crippen molar-refractivity contribution in [1.82, 2.24) is 4.90 Å². The third-order valence-electron chi connectivity index (χ3n) is 4.53. The molecule has 110 valence electrons. The molecule has 2 saturated carbocycles. The molecule has 0 aromatic carbocycles. The Kier molecular flexibility index (Phi) is 4.10. The Morgan fingerprint density at radius 3 is 2.60 bits per heavy atom. The smallest absolute Gasteiger partial charge is 0.257 e. The zero-order valence-electron chi connectivity index (χ0n) is 12.0. The first kappa shape index (κ1) is 13.7. The van der Waals surface area contributed by atoms with E-state index in [2.05, 4.69) is 4.90 Å². The lowest BCUT2D eigenvalue weighted by Crippen LogP contribution is -2.37. The monoisotopic (exact) mass is 276 g/mol. The maximum atomic E-state index is 12.7. The molecule has 1 aromatic heterocycles. The third kappa shape index (κ3) is 3.06. The van der Waals surface area contributed by atoms with Gasteiger partial charge >= 0.3 is 0 Å². The fourth-order valence-corrected chi connectivity index (χ4v) is 3.20. The molecular formula is C16H24N2O2. The average molecular weight is 276 g/mol. The Morgan fingerprint density at radius 2 is 2.00 bits per heavy atom. The number of furan rings is 1. The highest BCUT2D eigenvalue weighted by atomic mass is 16.3. The fourth-order valence-electron chi connectivity index (χ4n) is 3.20. The minimum Gasteiger partial charge on any atom is -0.467 e. The van der Waals surface area contributed by atoms with Crippen LogP contribution < -0.4 is 5.73 Å². The van der Waals surface area contributed by atoms with E-state index in [4.69, 9.17) is 10.2 Å². The molecule has 0 radical (unpaired) electrons. The van der Waals surface area contributed by atoms with Crippen molar-refractivity contribution in [3.63, 3.8) is 0 Å². The second kappa shape index (κ2) is 6.00. The van der Waals surface area contributed by atoms with Crippen LogP contribution >= 0.6 is 0 Å². The molecule has 0 unspecified atom stereocenters. The molecule has 2 aliphatic carbocycles. The number of hydrogen-bond donors (Lipinski definition) is 1. The van der Waals surface area contributed by atoms with Gasteiger partial charge in [-0.05, 0) is 37.7 Å². The summed E-state index contributed by atoms with van der Waals surface area (Å²) in [6.45, 7) is 1.27. The molecule has 20 heavy (non-hydrogen) atoms. The van der Waals surface area contributed by atoms with E-state index in [1.807, 2.05) is 0 Å². The van der Waals surface area contributed by atoms with E-state index in [1.54, 1.807) is 12.3 Å². The van der Waals surface area contributed by atoms with Gasteiger partial charge in [-0.25, -0.2) is 0 Å². The van der Waals surface area contributed by atoms with Crippen LogP contribution in [0, 0.1) is 5.92 Å². The molecule has 0 atom stereocenters. The van der Waals surface area contributed by atoms with E-state index in [9.17, 15) is 4.79 Å². The molecule has 0 spiro atoms. The summed E-state index contributed by atoms with van der Waals surface area (Å²) in [6.07, 6.45) is 10.4. The normalized spacial score (nSPS) is 20.1. The predicted molar refractivity (Wildman–Crippen MR) is 77.2 cm³/mol. The van der Waals surface area contributed by atoms with Crippen LogP contribution in [-0.2, 0) is 6.54 Å². The molecule has 4 nitrogen and oxygen atoms in total. The Balaban J connectivity index is 1.67. The first-order valence-corrected chi connectivity index (χ1v) is 7.86. The summed E-state index contributed by atoms with van der Waals surface area (Å²) < 4.78 is 5.30. The van der Waals surface area contributed by atoms with E-state index in [1.165, 1.54) is 32.1 Å². The van der Waals surface area contributed by atoms with Gasteiger partial charge in [0.2, 0.25) is 0 Å². The Bertz CT molecular complexity index is 459. The second-order valence-electron chi connectivity index (χ2n) is 6.20. The topological polar surface area (TPSA) is 59.5 Å². The minimum absolute atomic E-state index is 0.126. The van der Waals surface area contributed by atoms with Crippen molar-refractivity contribution >= 4 is 5.91 Å². The molecular weight excluding hydrogens is 252 g/mol. The molecule has 2 aliphatic rings. The SMILES string of the molecule is NCc1cc(C(=O)N(CC2CCCCC2)C2CC2)co1. The van der Waals surface area contributed by atoms with Crippen molar-refractivity contribution in [1.29, 1.82) is 0 Å². The van der Waals surface area contributed by atoms with Gasteiger partial charge in [-0.3, -0.25) is 4.79 Å². The fraction of sp³-hybridized carbons (Fsp3) is 0.688. The molecule has 2 N–H and O–H groups in total. The molecule has 1 heterocycles. The molecule has 4 heteroatoms. The Morgan fingerprint density at radius 1 is 1.25 bits per heavy atom. The Hall–Kier alpha value is -1.29. The first-order valence-electron chi connectivity index (χ1n) is 7.86. The number of hydrogen-bond acceptors (Lipinski definition) is 3. The third-order valence-corrected chi connectivity index (χ3v) is 4.53. The van der Waals surface area contributed by atoms with Crippen LogP contribution in [0.1, 0.15) is 61.1 Å². The number of nitrogens with zero attached hydrogens (tertiary/aromatic N) is 1. The van der Waals surface area contributed by atoms with E-state index >= 15 is 0 Å². The molecule has 0 saturated heterocycles. The van der Waals surface area contributed by atoms with E-state index in [0.29, 0.717) is 29.8 Å². The van der Waals surface area contributed by atoms with Gasteiger partial charge in [-0.1, -0.05) is 19.3 Å². The van der Waals surface area contributed by atoms with Crippen molar-refractivity contribution in [2.75, 3.05) is 6.54 Å². The zero-order chi connectivity index (χ0) is 13.9. The van der Waals surface area contributed by atoms with Crippen LogP contribution in [0.3, 0.4) is 0 Å². The van der Waals surface area contributed by atoms with E-state index < -0.39 is 0 Å². The minimum atomic E-state index is 0.126. The van der Waals surface area contributed by atoms with Gasteiger partial charge in [0, 0.05) is 12.6 Å². The molecule has 3 rings (SSSR count). The number of amides is 1. The Labute approximate surface area is 120 Å². The summed E-state index contributed by atoms with van der Waals surface area (Å²) in [5.41, 5.74) is 6.20. The van der Waals surface area contributed by atoms with Crippen LogP contribution in [0.4, 0.5) is 0 Å². The first-order chi connectivity index (χ1) is 9.78. The zero-order valence-corrected chi connectivity index (χ0v) is 12.0. The van der Waals surface area contributed by atoms with Crippen molar-refractivity contribution in [2.24, 2.45) is 11.7 Å². The highest BCUT2D eigenvalue weighted by Gasteiger charge is 2.35. The predicted octanol–water partition coefficient (Wildman–Crippen LogP) is 2.92. The lowest BCUT2D eigenvalue weighted by atomic mass is 9.89. The number of carbonyl (C=O) groups excluding carboxylic acids is 1. The number of rotatable bonds is 5. The van der Waals surface area contributed by atoms with Crippen molar-refractivity contribution in [3.05, 3.63) is 23.7 Å². The van der Waals surface area contributed by atoms with Crippen LogP contribution in [0.5, 0.6) is 0 Å². The standard InChI is InChI=1S/C16H24N2O2/c17-9-15-8-13(11-20-15)16(19)18(14-6-7-14)10-12-4-2-1-3-5-12/h8,11-12,14H,1-7,9-10,17H2. The van der Waals surface area contributed by atoms with Crippen molar-refractivity contribution in [2.45, 2.75) is 57.5 Å². The maximum absolute atomic E-state index is 12.7. The second-order valence-corrected chi connectivity index (χ2v) is 6.20. The summed E-state index contributed by atoms with van der Waals surface area (Å²) in [7, 11) is 0. The van der Waals surface area contributed by atoms with Crippen molar-refractivity contribution in [3.8, 4) is 0 Å². The van der Waals surface area contributed by atoms with E-state index in [-0.39, 0.29) is 5.91 Å². The largest absolute Gasteiger partial charge is 0.467 e. The van der Waals surface area contributed by atoms with Gasteiger partial charge in [0.1, 0.15) is 12.0 Å². The summed E-state index contributed by atoms with van der Waals surface area (Å²) in [6, 6.07) is 2.25. The summed E-state index contributed by atoms with van der Waals surface area (Å²) >= 11 is 0. The number of carbonyl (C=O) groups is 1. The summed E-state index contributed by atoms with van der Waals surface area (Å²) in [5.74, 6) is 1.50. The quantitative estimate of drug-likeness (QED) is 0.899. The van der Waals surface area contributed by atoms with E-state index in [0.717, 1.165) is 19.4 Å². The lowest BCUT2D eigenvalue weighted by Gasteiger charge is -2.29. The van der Waals surface area contributed by atoms with Crippen molar-refractivity contribution < 1.29 is 9.21 Å². The lowest BCUT2D eigenvalue weighted by molar-refractivity contribution is 0.0698. The molecule has 0 aliphatic heterocycles. The highest BCUT2D eigenvalue weighted by Crippen LogP contribution is 2.32.